The smallest absolute Gasteiger partial charge is 0.407 e. The minimum Gasteiger partial charge on any atom is -0.481 e. The van der Waals surface area contributed by atoms with Gasteiger partial charge >= 0.3 is 24.1 Å². The number of benzene rings is 2. The van der Waals surface area contributed by atoms with E-state index in [4.69, 9.17) is 19.7 Å². The van der Waals surface area contributed by atoms with Crippen LogP contribution in [-0.2, 0) is 32.3 Å². The third kappa shape index (κ3) is 9.28. The lowest BCUT2D eigenvalue weighted by atomic mass is 10.2. The van der Waals surface area contributed by atoms with Crippen LogP contribution in [0.4, 0.5) is 9.59 Å². The second-order valence-electron chi connectivity index (χ2n) is 8.77. The summed E-state index contributed by atoms with van der Waals surface area (Å²) in [5, 5.41) is 22.5. The van der Waals surface area contributed by atoms with Crippen LogP contribution in [0.15, 0.2) is 60.7 Å². The fourth-order valence-electron chi connectivity index (χ4n) is 3.53. The molecule has 4 atom stereocenters. The molecule has 10 heteroatoms. The van der Waals surface area contributed by atoms with Crippen molar-refractivity contribution in [3.63, 3.8) is 0 Å². The van der Waals surface area contributed by atoms with Gasteiger partial charge in [-0.2, -0.15) is 0 Å². The van der Waals surface area contributed by atoms with Gasteiger partial charge in [0.25, 0.3) is 0 Å². The van der Waals surface area contributed by atoms with Crippen LogP contribution < -0.4 is 10.6 Å². The van der Waals surface area contributed by atoms with E-state index in [0.717, 1.165) is 11.1 Å². The van der Waals surface area contributed by atoms with E-state index in [2.05, 4.69) is 10.6 Å². The van der Waals surface area contributed by atoms with Gasteiger partial charge in [-0.1, -0.05) is 60.7 Å². The molecule has 10 nitrogen and oxygen atoms in total. The summed E-state index contributed by atoms with van der Waals surface area (Å²) < 4.78 is 10.0. The molecule has 4 N–H and O–H groups in total. The van der Waals surface area contributed by atoms with Gasteiger partial charge in [0.05, 0.1) is 11.8 Å². The number of hydrogen-bond acceptors (Lipinski definition) is 6. The first-order valence-corrected chi connectivity index (χ1v) is 11.7. The molecule has 2 saturated carbocycles. The number of carbonyl (C=O) groups is 4. The summed E-state index contributed by atoms with van der Waals surface area (Å²) in [5.41, 5.74) is 1.84. The Morgan fingerprint density at radius 1 is 0.667 bits per heavy atom. The van der Waals surface area contributed by atoms with Crippen molar-refractivity contribution in [3.8, 4) is 0 Å². The SMILES string of the molecule is O=C(NC[C@@H]1C[C@H]1C(=O)O)OCc1ccccc1.O=C(NC[C@H]1C[C@@H]1C(=O)O)OCc1ccccc1. The van der Waals surface area contributed by atoms with Gasteiger partial charge in [0.1, 0.15) is 13.2 Å². The molecule has 2 amide bonds. The van der Waals surface area contributed by atoms with E-state index in [1.54, 1.807) is 0 Å². The van der Waals surface area contributed by atoms with Crippen LogP contribution in [-0.4, -0.2) is 47.4 Å². The summed E-state index contributed by atoms with van der Waals surface area (Å²) in [6.45, 7) is 1.18. The van der Waals surface area contributed by atoms with E-state index in [9.17, 15) is 19.2 Å². The maximum absolute atomic E-state index is 11.3. The Bertz CT molecular complexity index is 947. The summed E-state index contributed by atoms with van der Waals surface area (Å²) in [5.74, 6) is -2.10. The number of carboxylic acids is 2. The number of amides is 2. The van der Waals surface area contributed by atoms with E-state index in [-0.39, 0.29) is 36.9 Å². The van der Waals surface area contributed by atoms with Crippen molar-refractivity contribution in [1.82, 2.24) is 10.6 Å². The molecule has 0 aromatic heterocycles. The number of hydrogen-bond donors (Lipinski definition) is 4. The van der Waals surface area contributed by atoms with Crippen LogP contribution in [0.1, 0.15) is 24.0 Å². The van der Waals surface area contributed by atoms with Crippen molar-refractivity contribution in [2.75, 3.05) is 13.1 Å². The molecule has 36 heavy (non-hydrogen) atoms. The lowest BCUT2D eigenvalue weighted by Gasteiger charge is -2.06. The molecule has 2 aliphatic rings. The van der Waals surface area contributed by atoms with Crippen LogP contribution in [0.3, 0.4) is 0 Å². The van der Waals surface area contributed by atoms with Crippen molar-refractivity contribution in [1.29, 1.82) is 0 Å². The number of carboxylic acid groups (broad SMARTS) is 2. The highest BCUT2D eigenvalue weighted by Gasteiger charge is 2.43. The van der Waals surface area contributed by atoms with E-state index in [1.165, 1.54) is 0 Å². The molecule has 0 radical (unpaired) electrons. The third-order valence-electron chi connectivity index (χ3n) is 5.92. The minimum atomic E-state index is -0.792. The quantitative estimate of drug-likeness (QED) is 0.390. The van der Waals surface area contributed by atoms with Crippen LogP contribution in [0.25, 0.3) is 0 Å². The molecule has 0 unspecified atom stereocenters. The largest absolute Gasteiger partial charge is 0.481 e. The molecular weight excluding hydrogens is 468 g/mol. The zero-order valence-electron chi connectivity index (χ0n) is 19.7. The molecule has 192 valence electrons. The Hall–Kier alpha value is -4.08. The highest BCUT2D eigenvalue weighted by Crippen LogP contribution is 2.38. The third-order valence-corrected chi connectivity index (χ3v) is 5.92. The van der Waals surface area contributed by atoms with Crippen LogP contribution in [0, 0.1) is 23.7 Å². The summed E-state index contributed by atoms with van der Waals surface area (Å²) >= 11 is 0. The fourth-order valence-corrected chi connectivity index (χ4v) is 3.53. The summed E-state index contributed by atoms with van der Waals surface area (Å²) in [6.07, 6.45) is 0.257. The van der Waals surface area contributed by atoms with E-state index >= 15 is 0 Å². The number of aliphatic carboxylic acids is 2. The predicted octanol–water partition coefficient (Wildman–Crippen LogP) is 3.27. The molecule has 0 aliphatic heterocycles. The van der Waals surface area contributed by atoms with Gasteiger partial charge in [0, 0.05) is 13.1 Å². The second-order valence-corrected chi connectivity index (χ2v) is 8.77. The minimum absolute atomic E-state index is 0.0479. The molecule has 0 saturated heterocycles. The van der Waals surface area contributed by atoms with Gasteiger partial charge in [-0.25, -0.2) is 9.59 Å². The second kappa shape index (κ2) is 13.1. The Morgan fingerprint density at radius 2 is 1.03 bits per heavy atom. The highest BCUT2D eigenvalue weighted by molar-refractivity contribution is 5.74. The fraction of sp³-hybridized carbons (Fsp3) is 0.385. The Morgan fingerprint density at radius 3 is 1.33 bits per heavy atom. The molecule has 0 heterocycles. The van der Waals surface area contributed by atoms with Crippen molar-refractivity contribution in [2.45, 2.75) is 26.1 Å². The van der Waals surface area contributed by atoms with Crippen molar-refractivity contribution >= 4 is 24.1 Å². The molecule has 2 fully saturated rings. The topological polar surface area (TPSA) is 151 Å². The van der Waals surface area contributed by atoms with Crippen LogP contribution >= 0.6 is 0 Å². The van der Waals surface area contributed by atoms with Crippen LogP contribution in [0.5, 0.6) is 0 Å². The number of ether oxygens (including phenoxy) is 2. The molecule has 2 aliphatic carbocycles. The normalized spacial score (nSPS) is 21.1. The van der Waals surface area contributed by atoms with Gasteiger partial charge in [-0.15, -0.1) is 0 Å². The number of nitrogens with one attached hydrogen (secondary N) is 2. The molecule has 0 spiro atoms. The first-order valence-electron chi connectivity index (χ1n) is 11.7. The molecule has 2 aromatic carbocycles. The Labute approximate surface area is 208 Å². The lowest BCUT2D eigenvalue weighted by molar-refractivity contribution is -0.139. The first-order chi connectivity index (χ1) is 17.3. The van der Waals surface area contributed by atoms with E-state index < -0.39 is 24.1 Å². The van der Waals surface area contributed by atoms with Gasteiger partial charge in [-0.3, -0.25) is 9.59 Å². The number of alkyl carbamates (subject to hydrolysis) is 2. The van der Waals surface area contributed by atoms with Crippen molar-refractivity contribution in [2.24, 2.45) is 23.7 Å². The molecule has 4 rings (SSSR count). The zero-order chi connectivity index (χ0) is 25.9. The maximum atomic E-state index is 11.3. The maximum Gasteiger partial charge on any atom is 0.407 e. The van der Waals surface area contributed by atoms with Gasteiger partial charge in [0.2, 0.25) is 0 Å². The van der Waals surface area contributed by atoms with E-state index in [0.29, 0.717) is 25.9 Å². The predicted molar refractivity (Wildman–Crippen MR) is 128 cm³/mol. The Balaban J connectivity index is 0.000000201. The zero-order valence-corrected chi connectivity index (χ0v) is 19.7. The van der Waals surface area contributed by atoms with Crippen LogP contribution in [0.2, 0.25) is 0 Å². The average Bonchev–Trinajstić information content (AvgIpc) is 3.80. The monoisotopic (exact) mass is 498 g/mol. The summed E-state index contributed by atoms with van der Waals surface area (Å²) in [4.78, 5) is 43.9. The number of rotatable bonds is 10. The van der Waals surface area contributed by atoms with Crippen molar-refractivity contribution in [3.05, 3.63) is 71.8 Å². The lowest BCUT2D eigenvalue weighted by Crippen LogP contribution is -2.27. The number of carbonyl (C=O) groups excluding carboxylic acids is 2. The molecule has 0 bridgehead atoms. The van der Waals surface area contributed by atoms with Gasteiger partial charge in [-0.05, 0) is 35.8 Å². The molecular formula is C26H30N2O8. The standard InChI is InChI=1S/2C13H15NO4/c2*15-12(16)11-6-10(11)7-14-13(17)18-8-9-4-2-1-3-5-9/h2*1-5,10-11H,6-8H2,(H,14,17)(H,15,16)/t2*10-,11+/m10/s1. The average molecular weight is 499 g/mol. The van der Waals surface area contributed by atoms with Crippen molar-refractivity contribution < 1.29 is 38.9 Å². The Kier molecular flexibility index (Phi) is 9.67. The van der Waals surface area contributed by atoms with E-state index in [1.807, 2.05) is 60.7 Å². The first kappa shape index (κ1) is 26.5. The van der Waals surface area contributed by atoms with Gasteiger partial charge in [0.15, 0.2) is 0 Å². The van der Waals surface area contributed by atoms with Gasteiger partial charge < -0.3 is 30.3 Å². The summed E-state index contributed by atoms with van der Waals surface area (Å²) in [7, 11) is 0. The molecule has 2 aromatic rings. The highest BCUT2D eigenvalue weighted by atomic mass is 16.6. The summed E-state index contributed by atoms with van der Waals surface area (Å²) in [6, 6.07) is 18.8.